The van der Waals surface area contributed by atoms with E-state index in [4.69, 9.17) is 5.73 Å². The van der Waals surface area contributed by atoms with Crippen molar-refractivity contribution in [3.63, 3.8) is 0 Å². The summed E-state index contributed by atoms with van der Waals surface area (Å²) in [4.78, 5) is 23.0. The van der Waals surface area contributed by atoms with Crippen LogP contribution in [0.3, 0.4) is 0 Å². The SMILES string of the molecule is NC(=O)c1cccc(NC(=O)Nc2ccccc2Br)c1O.c1cc2cc-2c1. The van der Waals surface area contributed by atoms with E-state index in [2.05, 4.69) is 50.8 Å². The van der Waals surface area contributed by atoms with Gasteiger partial charge in [0.05, 0.1) is 16.9 Å². The van der Waals surface area contributed by atoms with E-state index in [-0.39, 0.29) is 17.0 Å². The van der Waals surface area contributed by atoms with Gasteiger partial charge in [0.1, 0.15) is 0 Å². The van der Waals surface area contributed by atoms with Crippen molar-refractivity contribution in [1.82, 2.24) is 0 Å². The van der Waals surface area contributed by atoms with Gasteiger partial charge >= 0.3 is 6.03 Å². The van der Waals surface area contributed by atoms with Gasteiger partial charge in [-0.25, -0.2) is 4.79 Å². The molecule has 0 aromatic heterocycles. The summed E-state index contributed by atoms with van der Waals surface area (Å²) >= 11 is 3.30. The molecule has 7 heteroatoms. The lowest BCUT2D eigenvalue weighted by Crippen LogP contribution is -2.20. The fourth-order valence-electron chi connectivity index (χ4n) is 2.36. The molecule has 2 aliphatic rings. The van der Waals surface area contributed by atoms with Gasteiger partial charge in [0, 0.05) is 4.47 Å². The number of urea groups is 1. The molecule has 0 bridgehead atoms. The van der Waals surface area contributed by atoms with Crippen molar-refractivity contribution in [2.45, 2.75) is 0 Å². The number of phenols is 1. The van der Waals surface area contributed by atoms with Gasteiger partial charge in [0.15, 0.2) is 5.75 Å². The smallest absolute Gasteiger partial charge is 0.323 e. The number of aromatic hydroxyl groups is 1. The first-order valence-electron chi connectivity index (χ1n) is 8.00. The van der Waals surface area contributed by atoms with Gasteiger partial charge in [-0.1, -0.05) is 36.4 Å². The Morgan fingerprint density at radius 2 is 1.44 bits per heavy atom. The number of nitrogens with two attached hydrogens (primary N) is 1. The molecular formula is C20H16BrN3O3. The van der Waals surface area contributed by atoms with Crippen LogP contribution in [0.5, 0.6) is 5.75 Å². The summed E-state index contributed by atoms with van der Waals surface area (Å²) < 4.78 is 0.718. The maximum atomic E-state index is 11.9. The zero-order valence-electron chi connectivity index (χ0n) is 14.1. The highest BCUT2D eigenvalue weighted by Gasteiger charge is 2.13. The third-order valence-electron chi connectivity index (χ3n) is 3.78. The first-order chi connectivity index (χ1) is 13.0. The van der Waals surface area contributed by atoms with Gasteiger partial charge in [-0.05, 0) is 57.4 Å². The van der Waals surface area contributed by atoms with Crippen molar-refractivity contribution in [3.8, 4) is 16.9 Å². The number of carbonyl (C=O) groups is 2. The summed E-state index contributed by atoms with van der Waals surface area (Å²) in [5.74, 6) is -1.14. The first-order valence-corrected chi connectivity index (χ1v) is 8.80. The highest BCUT2D eigenvalue weighted by atomic mass is 79.9. The number of fused-ring (bicyclic) bond motifs is 1. The van der Waals surface area contributed by atoms with Gasteiger partial charge in [0.2, 0.25) is 0 Å². The largest absolute Gasteiger partial charge is 0.505 e. The third-order valence-corrected chi connectivity index (χ3v) is 4.48. The maximum absolute atomic E-state index is 11.9. The van der Waals surface area contributed by atoms with E-state index in [1.54, 1.807) is 18.2 Å². The van der Waals surface area contributed by atoms with E-state index in [9.17, 15) is 14.7 Å². The van der Waals surface area contributed by atoms with Crippen molar-refractivity contribution in [2.24, 2.45) is 5.73 Å². The number of hydrogen-bond acceptors (Lipinski definition) is 3. The van der Waals surface area contributed by atoms with E-state index in [0.717, 1.165) is 4.47 Å². The zero-order chi connectivity index (χ0) is 19.4. The molecule has 27 heavy (non-hydrogen) atoms. The molecule has 2 aliphatic carbocycles. The van der Waals surface area contributed by atoms with Crippen molar-refractivity contribution in [2.75, 3.05) is 10.6 Å². The predicted molar refractivity (Wildman–Crippen MR) is 109 cm³/mol. The van der Waals surface area contributed by atoms with Crippen LogP contribution < -0.4 is 16.4 Å². The third kappa shape index (κ3) is 4.65. The molecule has 3 amide bonds. The standard InChI is InChI=1S/C14H12BrN3O3.C6H4/c15-9-5-1-2-6-10(9)17-14(21)18-11-7-3-4-8(12(11)19)13(16)20;1-2-5-4-6(5)3-1/h1-7,19H,(H2,16,20)(H2,17,18,21);1-4H. The van der Waals surface area contributed by atoms with Crippen LogP contribution in [-0.2, 0) is 0 Å². The fraction of sp³-hybridized carbons (Fsp3) is 0. The molecule has 5 N–H and O–H groups in total. The Labute approximate surface area is 164 Å². The Kier molecular flexibility index (Phi) is 5.42. The average Bonchev–Trinajstić information content (AvgIpc) is 3.24. The summed E-state index contributed by atoms with van der Waals surface area (Å²) in [5, 5.41) is 14.9. The van der Waals surface area contributed by atoms with Crippen molar-refractivity contribution in [3.05, 3.63) is 76.8 Å². The van der Waals surface area contributed by atoms with Gasteiger partial charge in [-0.15, -0.1) is 0 Å². The molecule has 0 heterocycles. The number of para-hydroxylation sites is 2. The summed E-state index contributed by atoms with van der Waals surface area (Å²) in [5.41, 5.74) is 8.58. The van der Waals surface area contributed by atoms with Gasteiger partial charge in [-0.3, -0.25) is 4.79 Å². The quantitative estimate of drug-likeness (QED) is 0.361. The van der Waals surface area contributed by atoms with Crippen LogP contribution >= 0.6 is 15.9 Å². The molecule has 0 fully saturated rings. The molecule has 4 rings (SSSR count). The molecule has 0 radical (unpaired) electrons. The van der Waals surface area contributed by atoms with E-state index in [1.165, 1.54) is 29.3 Å². The number of halogens is 1. The highest BCUT2D eigenvalue weighted by Crippen LogP contribution is 2.32. The van der Waals surface area contributed by atoms with Crippen LogP contribution in [0.25, 0.3) is 11.1 Å². The lowest BCUT2D eigenvalue weighted by molar-refractivity contribution is 0.0998. The van der Waals surface area contributed by atoms with Crippen LogP contribution in [-0.4, -0.2) is 17.0 Å². The first kappa shape index (κ1) is 18.5. The lowest BCUT2D eigenvalue weighted by Gasteiger charge is -2.11. The van der Waals surface area contributed by atoms with E-state index in [0.29, 0.717) is 5.69 Å². The number of nitrogens with one attached hydrogen (secondary N) is 2. The van der Waals surface area contributed by atoms with Crippen molar-refractivity contribution >= 4 is 39.2 Å². The molecule has 0 spiro atoms. The number of rotatable bonds is 3. The van der Waals surface area contributed by atoms with Crippen molar-refractivity contribution in [1.29, 1.82) is 0 Å². The van der Waals surface area contributed by atoms with E-state index in [1.807, 2.05) is 6.07 Å². The number of anilines is 2. The number of carbonyl (C=O) groups excluding carboxylic acids is 2. The Balaban J connectivity index is 0.000000290. The second kappa shape index (κ2) is 7.92. The lowest BCUT2D eigenvalue weighted by atomic mass is 10.1. The zero-order valence-corrected chi connectivity index (χ0v) is 15.7. The fourth-order valence-corrected chi connectivity index (χ4v) is 2.74. The topological polar surface area (TPSA) is 104 Å². The van der Waals surface area contributed by atoms with Crippen LogP contribution in [0.1, 0.15) is 10.4 Å². The Bertz CT molecular complexity index is 1000. The molecule has 0 unspecified atom stereocenters. The van der Waals surface area contributed by atoms with Crippen LogP contribution in [0, 0.1) is 0 Å². The number of amides is 3. The number of primary amides is 1. The average molecular weight is 426 g/mol. The second-order valence-corrected chi connectivity index (χ2v) is 6.56. The molecule has 0 atom stereocenters. The minimum atomic E-state index is -0.776. The summed E-state index contributed by atoms with van der Waals surface area (Å²) in [7, 11) is 0. The predicted octanol–water partition coefficient (Wildman–Crippen LogP) is 4.56. The molecule has 0 saturated heterocycles. The summed E-state index contributed by atoms with van der Waals surface area (Å²) in [6, 6.07) is 19.3. The van der Waals surface area contributed by atoms with E-state index < -0.39 is 11.9 Å². The summed E-state index contributed by atoms with van der Waals surface area (Å²) in [6.45, 7) is 0. The van der Waals surface area contributed by atoms with Gasteiger partial charge < -0.3 is 21.5 Å². The molecule has 2 aromatic carbocycles. The van der Waals surface area contributed by atoms with Crippen LogP contribution in [0.15, 0.2) is 71.2 Å². The summed E-state index contributed by atoms with van der Waals surface area (Å²) in [6.07, 6.45) is 0. The Morgan fingerprint density at radius 3 is 2.00 bits per heavy atom. The van der Waals surface area contributed by atoms with Gasteiger partial charge in [0.25, 0.3) is 5.91 Å². The highest BCUT2D eigenvalue weighted by molar-refractivity contribution is 9.10. The maximum Gasteiger partial charge on any atom is 0.323 e. The van der Waals surface area contributed by atoms with Crippen LogP contribution in [0.2, 0.25) is 0 Å². The Morgan fingerprint density at radius 1 is 0.852 bits per heavy atom. The van der Waals surface area contributed by atoms with Crippen LogP contribution in [0.4, 0.5) is 16.2 Å². The molecule has 2 aromatic rings. The number of hydrogen-bond donors (Lipinski definition) is 4. The van der Waals surface area contributed by atoms with Crippen molar-refractivity contribution < 1.29 is 14.7 Å². The second-order valence-electron chi connectivity index (χ2n) is 5.71. The molecular weight excluding hydrogens is 410 g/mol. The van der Waals surface area contributed by atoms with E-state index >= 15 is 0 Å². The minimum absolute atomic E-state index is 0.0614. The molecule has 0 aliphatic heterocycles. The molecule has 0 saturated carbocycles. The number of benzene rings is 3. The normalized spacial score (nSPS) is 10.3. The molecule has 136 valence electrons. The Hall–Kier alpha value is -3.32. The minimum Gasteiger partial charge on any atom is -0.505 e. The molecule has 6 nitrogen and oxygen atoms in total. The monoisotopic (exact) mass is 425 g/mol. The van der Waals surface area contributed by atoms with Gasteiger partial charge in [-0.2, -0.15) is 0 Å².